The molecule has 1 aliphatic rings. The summed E-state index contributed by atoms with van der Waals surface area (Å²) in [5.41, 5.74) is 4.16. The predicted octanol–water partition coefficient (Wildman–Crippen LogP) is 5.26. The minimum absolute atomic E-state index is 0.129. The third kappa shape index (κ3) is 7.89. The number of aryl methyl sites for hydroxylation is 1. The van der Waals surface area contributed by atoms with E-state index < -0.39 is 12.1 Å². The molecular weight excluding hydrogens is 640 g/mol. The molecule has 13 heteroatoms. The summed E-state index contributed by atoms with van der Waals surface area (Å²) in [7, 11) is 6.23. The van der Waals surface area contributed by atoms with Crippen molar-refractivity contribution in [3.63, 3.8) is 0 Å². The third-order valence-electron chi connectivity index (χ3n) is 8.47. The number of carbonyl (C=O) groups is 2. The first-order valence-electron chi connectivity index (χ1n) is 16.4. The summed E-state index contributed by atoms with van der Waals surface area (Å²) >= 11 is 0. The summed E-state index contributed by atoms with van der Waals surface area (Å²) in [5.74, 6) is 2.05. The van der Waals surface area contributed by atoms with Gasteiger partial charge < -0.3 is 34.9 Å². The number of hydrogen-bond donors (Lipinski definition) is 4. The van der Waals surface area contributed by atoms with Gasteiger partial charge in [0.1, 0.15) is 12.6 Å². The van der Waals surface area contributed by atoms with Crippen LogP contribution in [0.5, 0.6) is 17.2 Å². The minimum atomic E-state index is -0.748. The molecule has 0 radical (unpaired) electrons. The second-order valence-electron chi connectivity index (χ2n) is 12.5. The van der Waals surface area contributed by atoms with Crippen LogP contribution in [0, 0.1) is 5.92 Å². The molecule has 0 saturated heterocycles. The normalized spacial score (nSPS) is 14.1. The van der Waals surface area contributed by atoms with Gasteiger partial charge in [-0.25, -0.2) is 4.98 Å². The lowest BCUT2D eigenvalue weighted by Gasteiger charge is -2.21. The Kier molecular flexibility index (Phi) is 11.4. The van der Waals surface area contributed by atoms with E-state index in [0.29, 0.717) is 77.1 Å². The van der Waals surface area contributed by atoms with Crippen LogP contribution in [0.3, 0.4) is 0 Å². The van der Waals surface area contributed by atoms with Gasteiger partial charge in [0.2, 0.25) is 23.0 Å². The van der Waals surface area contributed by atoms with Crippen molar-refractivity contribution in [1.82, 2.24) is 20.5 Å². The van der Waals surface area contributed by atoms with Crippen molar-refractivity contribution < 1.29 is 28.5 Å². The van der Waals surface area contributed by atoms with Gasteiger partial charge in [0.25, 0.3) is 0 Å². The molecule has 0 unspecified atom stereocenters. The zero-order valence-electron chi connectivity index (χ0n) is 29.4. The number of benzene rings is 2. The number of fused-ring (bicyclic) bond motifs is 3. The summed E-state index contributed by atoms with van der Waals surface area (Å²) < 4.78 is 22.3. The molecule has 0 saturated carbocycles. The van der Waals surface area contributed by atoms with E-state index in [4.69, 9.17) is 18.9 Å². The number of anilines is 2. The first-order valence-corrected chi connectivity index (χ1v) is 16.4. The highest BCUT2D eigenvalue weighted by Gasteiger charge is 2.30. The molecule has 0 bridgehead atoms. The van der Waals surface area contributed by atoms with E-state index in [9.17, 15) is 14.4 Å². The topological polar surface area (TPSA) is 166 Å². The largest absolute Gasteiger partial charge is 0.493 e. The van der Waals surface area contributed by atoms with E-state index in [1.54, 1.807) is 39.5 Å². The second kappa shape index (κ2) is 15.9. The van der Waals surface area contributed by atoms with Crippen molar-refractivity contribution in [2.75, 3.05) is 39.1 Å². The van der Waals surface area contributed by atoms with Crippen molar-refractivity contribution >= 4 is 23.2 Å². The first-order chi connectivity index (χ1) is 24.1. The van der Waals surface area contributed by atoms with Gasteiger partial charge >= 0.3 is 0 Å². The van der Waals surface area contributed by atoms with Crippen molar-refractivity contribution in [3.8, 4) is 39.8 Å². The molecule has 1 aliphatic carbocycles. The third-order valence-corrected chi connectivity index (χ3v) is 8.47. The maximum absolute atomic E-state index is 14.0. The maximum atomic E-state index is 14.0. The monoisotopic (exact) mass is 684 g/mol. The van der Waals surface area contributed by atoms with Crippen LogP contribution in [0.4, 0.5) is 11.4 Å². The number of nitrogens with zero attached hydrogens (tertiary/aromatic N) is 2. The number of amides is 2. The number of rotatable bonds is 13. The summed E-state index contributed by atoms with van der Waals surface area (Å²) in [6.45, 7) is 5.77. The van der Waals surface area contributed by atoms with Crippen LogP contribution in [-0.4, -0.2) is 61.5 Å². The van der Waals surface area contributed by atoms with Crippen LogP contribution in [0.2, 0.25) is 0 Å². The molecule has 2 atom stereocenters. The van der Waals surface area contributed by atoms with Crippen molar-refractivity contribution in [1.29, 1.82) is 0 Å². The summed E-state index contributed by atoms with van der Waals surface area (Å²) in [6.07, 6.45) is 1.56. The van der Waals surface area contributed by atoms with E-state index in [2.05, 4.69) is 31.1 Å². The number of carbonyl (C=O) groups excluding carboxylic acids is 2. The Morgan fingerprint density at radius 3 is 2.46 bits per heavy atom. The first kappa shape index (κ1) is 35.9. The Morgan fingerprint density at radius 1 is 1.00 bits per heavy atom. The SMILES string of the molecule is COCc1nc(-c2cccc(NC(=O)[C@H](CC(C)C)Nc3ccc4c(cc3=O)[C@@H](NC(C)=O)CCc3cc(OC)c(OC)c(OC)c3-4)c2)n[nH]1. The molecular formula is C37H44N6O7. The Hall–Kier alpha value is -5.43. The zero-order chi connectivity index (χ0) is 35.9. The van der Waals surface area contributed by atoms with E-state index in [-0.39, 0.29) is 28.8 Å². The van der Waals surface area contributed by atoms with Crippen LogP contribution in [0.25, 0.3) is 22.5 Å². The van der Waals surface area contributed by atoms with E-state index in [0.717, 1.165) is 11.1 Å². The van der Waals surface area contributed by atoms with E-state index in [1.165, 1.54) is 20.1 Å². The molecule has 4 N–H and O–H groups in total. The lowest BCUT2D eigenvalue weighted by atomic mass is 9.95. The number of ether oxygens (including phenoxy) is 4. The molecule has 0 aliphatic heterocycles. The van der Waals surface area contributed by atoms with Gasteiger partial charge in [-0.05, 0) is 72.2 Å². The number of H-pyrrole nitrogens is 1. The number of aromatic amines is 1. The molecule has 1 aromatic heterocycles. The predicted molar refractivity (Wildman–Crippen MR) is 191 cm³/mol. The fourth-order valence-corrected chi connectivity index (χ4v) is 6.31. The van der Waals surface area contributed by atoms with Crippen LogP contribution in [0.15, 0.2) is 53.3 Å². The molecule has 4 aromatic rings. The molecule has 3 aromatic carbocycles. The maximum Gasteiger partial charge on any atom is 0.246 e. The molecule has 2 amide bonds. The van der Waals surface area contributed by atoms with Crippen molar-refractivity contribution in [2.45, 2.75) is 58.7 Å². The molecule has 5 rings (SSSR count). The van der Waals surface area contributed by atoms with E-state index in [1.807, 2.05) is 38.1 Å². The number of nitrogens with one attached hydrogen (secondary N) is 4. The Morgan fingerprint density at radius 2 is 1.78 bits per heavy atom. The van der Waals surface area contributed by atoms with Crippen LogP contribution in [0.1, 0.15) is 56.6 Å². The summed E-state index contributed by atoms with van der Waals surface area (Å²) in [5, 5.41) is 16.4. The Balaban J connectivity index is 1.53. The molecule has 1 heterocycles. The smallest absolute Gasteiger partial charge is 0.246 e. The number of hydrogen-bond acceptors (Lipinski definition) is 10. The highest BCUT2D eigenvalue weighted by molar-refractivity contribution is 5.97. The summed E-state index contributed by atoms with van der Waals surface area (Å²) in [6, 6.07) is 13.0. The fraction of sp³-hybridized carbons (Fsp3) is 0.378. The minimum Gasteiger partial charge on any atom is -0.493 e. The number of aromatic nitrogens is 3. The lowest BCUT2D eigenvalue weighted by Crippen LogP contribution is -2.37. The molecule has 13 nitrogen and oxygen atoms in total. The van der Waals surface area contributed by atoms with Crippen molar-refractivity contribution in [3.05, 3.63) is 75.7 Å². The van der Waals surface area contributed by atoms with Crippen LogP contribution in [-0.2, 0) is 27.4 Å². The molecule has 0 fully saturated rings. The molecule has 264 valence electrons. The van der Waals surface area contributed by atoms with Gasteiger partial charge in [0.15, 0.2) is 23.1 Å². The standard InChI is InChI=1S/C37H44N6O7/c1-20(2)15-29(37(46)39-24-10-8-9-23(16-24)36-41-32(19-47-4)42-43-36)40-28-14-12-25-26(18-30(28)45)27(38-21(3)44)13-11-22-17-31(48-5)34(49-6)35(50-7)33(22)25/h8-10,12,14,16-18,20,27,29H,11,13,15,19H2,1-7H3,(H,38,44)(H,39,46)(H,40,45)(H,41,42,43)/t27-,29-/m0/s1. The summed E-state index contributed by atoms with van der Waals surface area (Å²) in [4.78, 5) is 44.6. The highest BCUT2D eigenvalue weighted by Crippen LogP contribution is 2.50. The van der Waals surface area contributed by atoms with Crippen LogP contribution < -0.4 is 35.6 Å². The fourth-order valence-electron chi connectivity index (χ4n) is 6.31. The molecule has 0 spiro atoms. The average Bonchev–Trinajstić information content (AvgIpc) is 3.44. The highest BCUT2D eigenvalue weighted by atomic mass is 16.5. The quantitative estimate of drug-likeness (QED) is 0.146. The Labute approximate surface area is 291 Å². The molecule has 50 heavy (non-hydrogen) atoms. The van der Waals surface area contributed by atoms with Gasteiger partial charge in [-0.1, -0.05) is 32.0 Å². The Bertz CT molecular complexity index is 1930. The lowest BCUT2D eigenvalue weighted by molar-refractivity contribution is -0.120. The van der Waals surface area contributed by atoms with E-state index >= 15 is 0 Å². The zero-order valence-corrected chi connectivity index (χ0v) is 29.4. The van der Waals surface area contributed by atoms with Gasteiger partial charge in [-0.15, -0.1) is 0 Å². The average molecular weight is 685 g/mol. The van der Waals surface area contributed by atoms with Gasteiger partial charge in [0, 0.05) is 30.8 Å². The van der Waals surface area contributed by atoms with Crippen LogP contribution >= 0.6 is 0 Å². The van der Waals surface area contributed by atoms with Gasteiger partial charge in [0.05, 0.1) is 33.1 Å². The van der Waals surface area contributed by atoms with Gasteiger partial charge in [-0.2, -0.15) is 5.10 Å². The second-order valence-corrected chi connectivity index (χ2v) is 12.5. The number of methoxy groups -OCH3 is 4. The van der Waals surface area contributed by atoms with Gasteiger partial charge in [-0.3, -0.25) is 19.5 Å². The van der Waals surface area contributed by atoms with Crippen molar-refractivity contribution in [2.24, 2.45) is 5.92 Å².